The molecule has 0 bridgehead atoms. The fourth-order valence-electron chi connectivity index (χ4n) is 2.49. The van der Waals surface area contributed by atoms with E-state index in [1.807, 2.05) is 6.07 Å². The second kappa shape index (κ2) is 7.74. The van der Waals surface area contributed by atoms with Crippen molar-refractivity contribution in [1.29, 1.82) is 0 Å². The molecule has 0 aliphatic carbocycles. The minimum atomic E-state index is 0.651. The zero-order valence-electron chi connectivity index (χ0n) is 12.6. The van der Waals surface area contributed by atoms with Crippen LogP contribution in [0.15, 0.2) is 48.5 Å². The Morgan fingerprint density at radius 1 is 0.750 bits per heavy atom. The lowest BCUT2D eigenvalue weighted by Gasteiger charge is -2.15. The lowest BCUT2D eigenvalue weighted by atomic mass is 10.0. The molecule has 0 atom stereocenters. The van der Waals surface area contributed by atoms with Crippen LogP contribution in [0.4, 0.5) is 0 Å². The minimum Gasteiger partial charge on any atom is -0.488 e. The van der Waals surface area contributed by atoms with Crippen LogP contribution in [0.2, 0.25) is 0 Å². The first kappa shape index (κ1) is 14.6. The van der Waals surface area contributed by atoms with E-state index in [4.69, 9.17) is 4.74 Å². The SMILES string of the molecule is CCCc1cccc(CCC)c1OCc1ccccc1. The third-order valence-corrected chi connectivity index (χ3v) is 3.44. The van der Waals surface area contributed by atoms with Gasteiger partial charge in [-0.2, -0.15) is 0 Å². The highest BCUT2D eigenvalue weighted by molar-refractivity contribution is 5.42. The Labute approximate surface area is 122 Å². The number of hydrogen-bond acceptors (Lipinski definition) is 1. The van der Waals surface area contributed by atoms with E-state index in [9.17, 15) is 0 Å². The van der Waals surface area contributed by atoms with Crippen LogP contribution in [0.25, 0.3) is 0 Å². The fourth-order valence-corrected chi connectivity index (χ4v) is 2.49. The Morgan fingerprint density at radius 3 is 1.90 bits per heavy atom. The summed E-state index contributed by atoms with van der Waals surface area (Å²) in [6.45, 7) is 5.08. The summed E-state index contributed by atoms with van der Waals surface area (Å²) in [4.78, 5) is 0. The lowest BCUT2D eigenvalue weighted by Crippen LogP contribution is -2.02. The van der Waals surface area contributed by atoms with Gasteiger partial charge in [0, 0.05) is 0 Å². The van der Waals surface area contributed by atoms with Gasteiger partial charge in [-0.3, -0.25) is 0 Å². The second-order valence-electron chi connectivity index (χ2n) is 5.18. The number of para-hydroxylation sites is 1. The number of rotatable bonds is 7. The highest BCUT2D eigenvalue weighted by atomic mass is 16.5. The minimum absolute atomic E-state index is 0.651. The summed E-state index contributed by atoms with van der Waals surface area (Å²) in [5, 5.41) is 0. The van der Waals surface area contributed by atoms with Gasteiger partial charge in [-0.05, 0) is 29.5 Å². The van der Waals surface area contributed by atoms with Crippen molar-refractivity contribution in [3.63, 3.8) is 0 Å². The van der Waals surface area contributed by atoms with Gasteiger partial charge in [0.05, 0.1) is 0 Å². The first-order valence-electron chi connectivity index (χ1n) is 7.62. The highest BCUT2D eigenvalue weighted by Crippen LogP contribution is 2.27. The maximum atomic E-state index is 6.16. The molecule has 0 radical (unpaired) electrons. The van der Waals surface area contributed by atoms with Crippen molar-refractivity contribution in [3.8, 4) is 5.75 Å². The summed E-state index contributed by atoms with van der Waals surface area (Å²) < 4.78 is 6.16. The smallest absolute Gasteiger partial charge is 0.126 e. The van der Waals surface area contributed by atoms with Crippen molar-refractivity contribution in [3.05, 3.63) is 65.2 Å². The van der Waals surface area contributed by atoms with Gasteiger partial charge in [-0.1, -0.05) is 75.2 Å². The van der Waals surface area contributed by atoms with Crippen molar-refractivity contribution < 1.29 is 4.74 Å². The Bertz CT molecular complexity index is 492. The highest BCUT2D eigenvalue weighted by Gasteiger charge is 2.09. The quantitative estimate of drug-likeness (QED) is 0.673. The van der Waals surface area contributed by atoms with Crippen LogP contribution in [0.5, 0.6) is 5.75 Å². The summed E-state index contributed by atoms with van der Waals surface area (Å²) in [6, 6.07) is 16.9. The normalized spacial score (nSPS) is 10.5. The van der Waals surface area contributed by atoms with Gasteiger partial charge in [0.1, 0.15) is 12.4 Å². The summed E-state index contributed by atoms with van der Waals surface area (Å²) in [6.07, 6.45) is 4.47. The molecule has 1 heteroatoms. The van der Waals surface area contributed by atoms with E-state index in [1.54, 1.807) is 0 Å². The van der Waals surface area contributed by atoms with Crippen LogP contribution >= 0.6 is 0 Å². The standard InChI is InChI=1S/C19H24O/c1-3-9-17-13-8-14-18(10-4-2)19(17)20-15-16-11-6-5-7-12-16/h5-8,11-14H,3-4,9-10,15H2,1-2H3. The molecule has 0 amide bonds. The van der Waals surface area contributed by atoms with Gasteiger partial charge < -0.3 is 4.74 Å². The largest absolute Gasteiger partial charge is 0.488 e. The summed E-state index contributed by atoms with van der Waals surface area (Å²) >= 11 is 0. The molecule has 2 aromatic carbocycles. The van der Waals surface area contributed by atoms with Crippen LogP contribution in [0.3, 0.4) is 0 Å². The molecule has 1 nitrogen and oxygen atoms in total. The van der Waals surface area contributed by atoms with E-state index >= 15 is 0 Å². The lowest BCUT2D eigenvalue weighted by molar-refractivity contribution is 0.299. The van der Waals surface area contributed by atoms with Gasteiger partial charge >= 0.3 is 0 Å². The third-order valence-electron chi connectivity index (χ3n) is 3.44. The monoisotopic (exact) mass is 268 g/mol. The van der Waals surface area contributed by atoms with Crippen LogP contribution in [-0.2, 0) is 19.4 Å². The molecule has 0 fully saturated rings. The van der Waals surface area contributed by atoms with Crippen molar-refractivity contribution in [1.82, 2.24) is 0 Å². The molecule has 0 aliphatic rings. The summed E-state index contributed by atoms with van der Waals surface area (Å²) in [5.74, 6) is 1.11. The zero-order valence-corrected chi connectivity index (χ0v) is 12.6. The Morgan fingerprint density at radius 2 is 1.35 bits per heavy atom. The average Bonchev–Trinajstić information content (AvgIpc) is 2.48. The van der Waals surface area contributed by atoms with E-state index in [-0.39, 0.29) is 0 Å². The van der Waals surface area contributed by atoms with Gasteiger partial charge in [-0.15, -0.1) is 0 Å². The Balaban J connectivity index is 2.18. The molecule has 0 saturated heterocycles. The molecular weight excluding hydrogens is 244 g/mol. The van der Waals surface area contributed by atoms with E-state index < -0.39 is 0 Å². The van der Waals surface area contributed by atoms with E-state index in [0.29, 0.717) is 6.61 Å². The molecule has 0 unspecified atom stereocenters. The molecular formula is C19H24O. The van der Waals surface area contributed by atoms with Crippen LogP contribution < -0.4 is 4.74 Å². The third kappa shape index (κ3) is 3.86. The molecule has 0 aromatic heterocycles. The Hall–Kier alpha value is -1.76. The molecule has 2 rings (SSSR count). The summed E-state index contributed by atoms with van der Waals surface area (Å²) in [5.41, 5.74) is 3.91. The number of ether oxygens (including phenoxy) is 1. The predicted octanol–water partition coefficient (Wildman–Crippen LogP) is 5.17. The summed E-state index contributed by atoms with van der Waals surface area (Å²) in [7, 11) is 0. The second-order valence-corrected chi connectivity index (χ2v) is 5.18. The average molecular weight is 268 g/mol. The first-order chi connectivity index (χ1) is 9.85. The van der Waals surface area contributed by atoms with Gasteiger partial charge in [0.15, 0.2) is 0 Å². The van der Waals surface area contributed by atoms with Crippen molar-refractivity contribution in [2.24, 2.45) is 0 Å². The molecule has 0 saturated carbocycles. The molecule has 0 heterocycles. The molecule has 0 N–H and O–H groups in total. The van der Waals surface area contributed by atoms with Crippen LogP contribution in [0, 0.1) is 0 Å². The van der Waals surface area contributed by atoms with Crippen molar-refractivity contribution >= 4 is 0 Å². The van der Waals surface area contributed by atoms with Crippen LogP contribution in [-0.4, -0.2) is 0 Å². The van der Waals surface area contributed by atoms with Gasteiger partial charge in [0.2, 0.25) is 0 Å². The first-order valence-corrected chi connectivity index (χ1v) is 7.62. The molecule has 20 heavy (non-hydrogen) atoms. The number of hydrogen-bond donors (Lipinski definition) is 0. The topological polar surface area (TPSA) is 9.23 Å². The fraction of sp³-hybridized carbons (Fsp3) is 0.368. The van der Waals surface area contributed by atoms with Gasteiger partial charge in [0.25, 0.3) is 0 Å². The van der Waals surface area contributed by atoms with Crippen LogP contribution in [0.1, 0.15) is 43.4 Å². The molecule has 106 valence electrons. The molecule has 0 aliphatic heterocycles. The predicted molar refractivity (Wildman–Crippen MR) is 85.2 cm³/mol. The maximum Gasteiger partial charge on any atom is 0.126 e. The zero-order chi connectivity index (χ0) is 14.2. The van der Waals surface area contributed by atoms with E-state index in [1.165, 1.54) is 16.7 Å². The van der Waals surface area contributed by atoms with E-state index in [0.717, 1.165) is 31.4 Å². The Kier molecular flexibility index (Phi) is 5.67. The van der Waals surface area contributed by atoms with Crippen molar-refractivity contribution in [2.45, 2.75) is 46.1 Å². The molecule has 0 spiro atoms. The van der Waals surface area contributed by atoms with E-state index in [2.05, 4.69) is 56.3 Å². The number of benzene rings is 2. The van der Waals surface area contributed by atoms with Crippen molar-refractivity contribution in [2.75, 3.05) is 0 Å². The maximum absolute atomic E-state index is 6.16. The van der Waals surface area contributed by atoms with Gasteiger partial charge in [-0.25, -0.2) is 0 Å². The number of aryl methyl sites for hydroxylation is 2. The molecule has 2 aromatic rings.